The van der Waals surface area contributed by atoms with Crippen molar-refractivity contribution in [3.05, 3.63) is 29.8 Å². The van der Waals surface area contributed by atoms with Crippen molar-refractivity contribution < 1.29 is 13.5 Å². The van der Waals surface area contributed by atoms with Gasteiger partial charge in [-0.15, -0.1) is 0 Å². The Labute approximate surface area is 119 Å². The van der Waals surface area contributed by atoms with Crippen LogP contribution in [0.15, 0.2) is 24.3 Å². The van der Waals surface area contributed by atoms with Crippen LogP contribution >= 0.6 is 0 Å². The highest BCUT2D eigenvalue weighted by atomic mass is 19.3. The van der Waals surface area contributed by atoms with E-state index in [9.17, 15) is 8.78 Å². The minimum atomic E-state index is -2.78. The van der Waals surface area contributed by atoms with Crippen LogP contribution in [0.5, 0.6) is 5.75 Å². The third kappa shape index (κ3) is 5.84. The predicted octanol–water partition coefficient (Wildman–Crippen LogP) is 3.09. The first-order valence-electron chi connectivity index (χ1n) is 6.82. The van der Waals surface area contributed by atoms with Crippen LogP contribution in [-0.2, 0) is 6.54 Å². The summed E-state index contributed by atoms with van der Waals surface area (Å²) in [5, 5.41) is 0. The smallest absolute Gasteiger partial charge is 0.387 e. The van der Waals surface area contributed by atoms with E-state index in [2.05, 4.69) is 30.4 Å². The lowest BCUT2D eigenvalue weighted by Gasteiger charge is -2.31. The van der Waals surface area contributed by atoms with Crippen molar-refractivity contribution in [2.75, 3.05) is 19.6 Å². The van der Waals surface area contributed by atoms with Gasteiger partial charge in [-0.3, -0.25) is 4.90 Å². The molecule has 0 atom stereocenters. The van der Waals surface area contributed by atoms with Crippen LogP contribution in [0.3, 0.4) is 0 Å². The molecular formula is C15H24F2N2O. The first-order chi connectivity index (χ1) is 9.36. The predicted molar refractivity (Wildman–Crippen MR) is 76.9 cm³/mol. The van der Waals surface area contributed by atoms with E-state index in [4.69, 9.17) is 5.73 Å². The second-order valence-electron chi connectivity index (χ2n) is 5.69. The van der Waals surface area contributed by atoms with Gasteiger partial charge in [0.05, 0.1) is 0 Å². The Bertz CT molecular complexity index is 393. The summed E-state index contributed by atoms with van der Waals surface area (Å²) in [5.41, 5.74) is 6.89. The van der Waals surface area contributed by atoms with Crippen LogP contribution in [-0.4, -0.2) is 31.1 Å². The van der Waals surface area contributed by atoms with Crippen LogP contribution in [0.1, 0.15) is 26.3 Å². The minimum absolute atomic E-state index is 0.0642. The summed E-state index contributed by atoms with van der Waals surface area (Å²) >= 11 is 0. The summed E-state index contributed by atoms with van der Waals surface area (Å²) in [7, 11) is 0. The molecule has 0 fully saturated rings. The number of benzene rings is 1. The molecule has 3 nitrogen and oxygen atoms in total. The zero-order valence-electron chi connectivity index (χ0n) is 12.4. The zero-order chi connectivity index (χ0) is 15.2. The van der Waals surface area contributed by atoms with Crippen molar-refractivity contribution in [2.24, 2.45) is 11.1 Å². The van der Waals surface area contributed by atoms with Crippen molar-refractivity contribution in [1.29, 1.82) is 0 Å². The molecule has 0 unspecified atom stereocenters. The number of hydrogen-bond donors (Lipinski definition) is 1. The lowest BCUT2D eigenvalue weighted by molar-refractivity contribution is -0.0498. The lowest BCUT2D eigenvalue weighted by Crippen LogP contribution is -2.38. The Morgan fingerprint density at radius 1 is 1.25 bits per heavy atom. The number of nitrogens with two attached hydrogens (primary N) is 1. The third-order valence-corrected chi connectivity index (χ3v) is 3.21. The van der Waals surface area contributed by atoms with Crippen LogP contribution in [0, 0.1) is 5.41 Å². The van der Waals surface area contributed by atoms with E-state index >= 15 is 0 Å². The number of alkyl halides is 2. The molecule has 20 heavy (non-hydrogen) atoms. The first kappa shape index (κ1) is 16.9. The average Bonchev–Trinajstić information content (AvgIpc) is 2.39. The molecule has 0 heterocycles. The van der Waals surface area contributed by atoms with Crippen molar-refractivity contribution in [1.82, 2.24) is 4.90 Å². The molecule has 5 heteroatoms. The van der Waals surface area contributed by atoms with Gasteiger partial charge in [0.15, 0.2) is 0 Å². The average molecular weight is 286 g/mol. The van der Waals surface area contributed by atoms with Gasteiger partial charge in [-0.2, -0.15) is 8.78 Å². The van der Waals surface area contributed by atoms with E-state index in [1.54, 1.807) is 12.1 Å². The number of rotatable bonds is 8. The molecule has 0 aliphatic carbocycles. The van der Waals surface area contributed by atoms with Gasteiger partial charge < -0.3 is 10.5 Å². The number of hydrogen-bond acceptors (Lipinski definition) is 3. The molecule has 0 aliphatic heterocycles. The molecule has 1 rings (SSSR count). The fourth-order valence-corrected chi connectivity index (χ4v) is 1.98. The highest BCUT2D eigenvalue weighted by Crippen LogP contribution is 2.19. The van der Waals surface area contributed by atoms with E-state index < -0.39 is 6.61 Å². The van der Waals surface area contributed by atoms with Gasteiger partial charge in [-0.25, -0.2) is 0 Å². The maximum absolute atomic E-state index is 12.1. The molecule has 0 amide bonds. The van der Waals surface area contributed by atoms with E-state index in [1.165, 1.54) is 0 Å². The Balaban J connectivity index is 2.61. The molecular weight excluding hydrogens is 262 g/mol. The first-order valence-corrected chi connectivity index (χ1v) is 6.82. The molecule has 2 N–H and O–H groups in total. The maximum Gasteiger partial charge on any atom is 0.387 e. The largest absolute Gasteiger partial charge is 0.435 e. The van der Waals surface area contributed by atoms with Gasteiger partial charge in [-0.1, -0.05) is 32.9 Å². The molecule has 0 aromatic heterocycles. The van der Waals surface area contributed by atoms with Crippen molar-refractivity contribution in [2.45, 2.75) is 33.9 Å². The third-order valence-electron chi connectivity index (χ3n) is 3.21. The summed E-state index contributed by atoms with van der Waals surface area (Å²) in [5.74, 6) is 0.189. The quantitative estimate of drug-likeness (QED) is 0.798. The van der Waals surface area contributed by atoms with Crippen molar-refractivity contribution in [3.63, 3.8) is 0 Å². The Hall–Kier alpha value is -1.20. The van der Waals surface area contributed by atoms with Gasteiger partial charge >= 0.3 is 6.61 Å². The van der Waals surface area contributed by atoms with Gasteiger partial charge in [0.2, 0.25) is 0 Å². The fraction of sp³-hybridized carbons (Fsp3) is 0.600. The normalized spacial score (nSPS) is 12.2. The molecule has 0 saturated heterocycles. The number of ether oxygens (including phenoxy) is 1. The van der Waals surface area contributed by atoms with Gasteiger partial charge in [-0.05, 0) is 36.2 Å². The van der Waals surface area contributed by atoms with Gasteiger partial charge in [0.25, 0.3) is 0 Å². The topological polar surface area (TPSA) is 38.5 Å². The van der Waals surface area contributed by atoms with Crippen LogP contribution < -0.4 is 10.5 Å². The van der Waals surface area contributed by atoms with Gasteiger partial charge in [0, 0.05) is 13.1 Å². The summed E-state index contributed by atoms with van der Waals surface area (Å²) in [4.78, 5) is 2.29. The summed E-state index contributed by atoms with van der Waals surface area (Å²) in [6, 6.07) is 6.78. The van der Waals surface area contributed by atoms with Crippen LogP contribution in [0.4, 0.5) is 8.78 Å². The Morgan fingerprint density at radius 2 is 1.85 bits per heavy atom. The standard InChI is InChI=1S/C15H24F2N2O/c1-4-19(11-15(2,3)10-18)9-12-5-7-13(8-6-12)20-14(16)17/h5-8,14H,4,9-11,18H2,1-3H3. The molecule has 0 bridgehead atoms. The Kier molecular flexibility index (Phi) is 6.36. The molecule has 1 aromatic rings. The van der Waals surface area contributed by atoms with Crippen LogP contribution in [0.25, 0.3) is 0 Å². The second-order valence-corrected chi connectivity index (χ2v) is 5.69. The van der Waals surface area contributed by atoms with E-state index in [0.717, 1.165) is 25.2 Å². The zero-order valence-corrected chi connectivity index (χ0v) is 12.4. The van der Waals surface area contributed by atoms with Crippen LogP contribution in [0.2, 0.25) is 0 Å². The molecule has 0 spiro atoms. The number of nitrogens with zero attached hydrogens (tertiary/aromatic N) is 1. The number of halogens is 2. The maximum atomic E-state index is 12.1. The highest BCUT2D eigenvalue weighted by Gasteiger charge is 2.19. The molecule has 114 valence electrons. The lowest BCUT2D eigenvalue weighted by atomic mass is 9.93. The summed E-state index contributed by atoms with van der Waals surface area (Å²) in [6.07, 6.45) is 0. The van der Waals surface area contributed by atoms with E-state index in [1.807, 2.05) is 12.1 Å². The van der Waals surface area contributed by atoms with Crippen molar-refractivity contribution in [3.8, 4) is 5.75 Å². The fourth-order valence-electron chi connectivity index (χ4n) is 1.98. The molecule has 0 saturated carbocycles. The molecule has 1 aromatic carbocycles. The molecule has 0 aliphatic rings. The van der Waals surface area contributed by atoms with E-state index in [0.29, 0.717) is 6.54 Å². The molecule has 0 radical (unpaired) electrons. The summed E-state index contributed by atoms with van der Waals surface area (Å²) in [6.45, 7) is 6.80. The SMILES string of the molecule is CCN(Cc1ccc(OC(F)F)cc1)CC(C)(C)CN. The summed E-state index contributed by atoms with van der Waals surface area (Å²) < 4.78 is 28.5. The monoisotopic (exact) mass is 286 g/mol. The minimum Gasteiger partial charge on any atom is -0.435 e. The Morgan fingerprint density at radius 3 is 2.30 bits per heavy atom. The highest BCUT2D eigenvalue weighted by molar-refractivity contribution is 5.27. The second kappa shape index (κ2) is 7.55. The van der Waals surface area contributed by atoms with E-state index in [-0.39, 0.29) is 11.2 Å². The van der Waals surface area contributed by atoms with Crippen molar-refractivity contribution >= 4 is 0 Å². The van der Waals surface area contributed by atoms with Gasteiger partial charge in [0.1, 0.15) is 5.75 Å².